The molecule has 4 rings (SSSR count). The standard InChI is InChI=1S/C21H22BrFN6O/c1-14-12-19(27-26-14)25-18-7-2-4-15(24-18)13-28-8-10-29(11-9-28)21(30)16-5-3-6-17(22)20(16)23/h2-7,12H,8-11,13H2,1H3,(H2,24,25,26,27). The highest BCUT2D eigenvalue weighted by atomic mass is 79.9. The highest BCUT2D eigenvalue weighted by Crippen LogP contribution is 2.21. The van der Waals surface area contributed by atoms with Gasteiger partial charge in [-0.1, -0.05) is 12.1 Å². The Bertz CT molecular complexity index is 1050. The average Bonchev–Trinajstić information content (AvgIpc) is 3.15. The molecule has 1 aliphatic heterocycles. The van der Waals surface area contributed by atoms with Crippen molar-refractivity contribution in [3.63, 3.8) is 0 Å². The Kier molecular flexibility index (Phi) is 6.10. The molecule has 1 aromatic carbocycles. The van der Waals surface area contributed by atoms with Gasteiger partial charge in [-0.15, -0.1) is 0 Å². The van der Waals surface area contributed by atoms with E-state index in [1.54, 1.807) is 17.0 Å². The summed E-state index contributed by atoms with van der Waals surface area (Å²) in [5, 5.41) is 10.2. The molecule has 1 fully saturated rings. The third kappa shape index (κ3) is 4.68. The lowest BCUT2D eigenvalue weighted by Gasteiger charge is -2.34. The molecule has 2 aromatic heterocycles. The van der Waals surface area contributed by atoms with E-state index in [-0.39, 0.29) is 11.5 Å². The lowest BCUT2D eigenvalue weighted by Crippen LogP contribution is -2.48. The van der Waals surface area contributed by atoms with Crippen molar-refractivity contribution in [1.82, 2.24) is 25.0 Å². The van der Waals surface area contributed by atoms with Crippen molar-refractivity contribution in [2.45, 2.75) is 13.5 Å². The van der Waals surface area contributed by atoms with Gasteiger partial charge in [-0.3, -0.25) is 14.8 Å². The van der Waals surface area contributed by atoms with Crippen LogP contribution in [-0.4, -0.2) is 57.1 Å². The minimum atomic E-state index is -0.509. The van der Waals surface area contributed by atoms with Crippen LogP contribution in [0.5, 0.6) is 0 Å². The van der Waals surface area contributed by atoms with Crippen molar-refractivity contribution in [1.29, 1.82) is 0 Å². The maximum absolute atomic E-state index is 14.2. The first kappa shape index (κ1) is 20.5. The van der Waals surface area contributed by atoms with Gasteiger partial charge in [-0.05, 0) is 47.1 Å². The van der Waals surface area contributed by atoms with Crippen LogP contribution in [0.3, 0.4) is 0 Å². The molecule has 0 spiro atoms. The van der Waals surface area contributed by atoms with Crippen LogP contribution in [0.25, 0.3) is 0 Å². The molecule has 0 aliphatic carbocycles. The number of rotatable bonds is 5. The molecule has 1 aliphatic rings. The zero-order valence-corrected chi connectivity index (χ0v) is 18.1. The minimum Gasteiger partial charge on any atom is -0.336 e. The maximum atomic E-state index is 14.2. The van der Waals surface area contributed by atoms with Crippen LogP contribution in [0.15, 0.2) is 46.9 Å². The molecule has 0 atom stereocenters. The Morgan fingerprint density at radius 2 is 1.93 bits per heavy atom. The van der Waals surface area contributed by atoms with Gasteiger partial charge in [0.1, 0.15) is 11.6 Å². The summed E-state index contributed by atoms with van der Waals surface area (Å²) in [6.07, 6.45) is 0. The number of hydrogen-bond donors (Lipinski definition) is 2. The molecule has 156 valence electrons. The second-order valence-corrected chi connectivity index (χ2v) is 8.10. The quantitative estimate of drug-likeness (QED) is 0.591. The number of carbonyl (C=O) groups is 1. The molecule has 9 heteroatoms. The highest BCUT2D eigenvalue weighted by Gasteiger charge is 2.25. The largest absolute Gasteiger partial charge is 0.336 e. The molecule has 2 N–H and O–H groups in total. The number of pyridine rings is 1. The summed E-state index contributed by atoms with van der Waals surface area (Å²) < 4.78 is 14.5. The van der Waals surface area contributed by atoms with Crippen molar-refractivity contribution in [2.24, 2.45) is 0 Å². The van der Waals surface area contributed by atoms with Crippen LogP contribution in [0.4, 0.5) is 16.0 Å². The van der Waals surface area contributed by atoms with Crippen LogP contribution >= 0.6 is 15.9 Å². The summed E-state index contributed by atoms with van der Waals surface area (Å²) in [4.78, 5) is 21.3. The fraction of sp³-hybridized carbons (Fsp3) is 0.286. The van der Waals surface area contributed by atoms with Crippen LogP contribution < -0.4 is 5.32 Å². The first-order valence-electron chi connectivity index (χ1n) is 9.70. The molecular formula is C21H22BrFN6O. The number of aryl methyl sites for hydroxylation is 1. The third-order valence-corrected chi connectivity index (χ3v) is 5.61. The van der Waals surface area contributed by atoms with E-state index in [1.807, 2.05) is 31.2 Å². The highest BCUT2D eigenvalue weighted by molar-refractivity contribution is 9.10. The van der Waals surface area contributed by atoms with Crippen molar-refractivity contribution < 1.29 is 9.18 Å². The van der Waals surface area contributed by atoms with Crippen molar-refractivity contribution >= 4 is 33.5 Å². The van der Waals surface area contributed by atoms with Gasteiger partial charge in [0.15, 0.2) is 5.82 Å². The number of aromatic nitrogens is 3. The molecule has 1 amide bonds. The Balaban J connectivity index is 1.34. The van der Waals surface area contributed by atoms with Gasteiger partial charge in [0, 0.05) is 44.5 Å². The van der Waals surface area contributed by atoms with Crippen LogP contribution in [0.1, 0.15) is 21.7 Å². The molecule has 3 aromatic rings. The average molecular weight is 473 g/mol. The summed E-state index contributed by atoms with van der Waals surface area (Å²) >= 11 is 3.14. The van der Waals surface area contributed by atoms with Gasteiger partial charge in [0.05, 0.1) is 15.7 Å². The molecular weight excluding hydrogens is 451 g/mol. The number of nitrogens with zero attached hydrogens (tertiary/aromatic N) is 4. The number of H-pyrrole nitrogens is 1. The van der Waals surface area contributed by atoms with E-state index < -0.39 is 5.82 Å². The summed E-state index contributed by atoms with van der Waals surface area (Å²) in [6.45, 7) is 5.14. The monoisotopic (exact) mass is 472 g/mol. The third-order valence-electron chi connectivity index (χ3n) is 5.00. The molecule has 0 saturated carbocycles. The number of anilines is 2. The van der Waals surface area contributed by atoms with Crippen LogP contribution in [0, 0.1) is 12.7 Å². The van der Waals surface area contributed by atoms with E-state index in [9.17, 15) is 9.18 Å². The molecule has 0 unspecified atom stereocenters. The molecule has 7 nitrogen and oxygen atoms in total. The lowest BCUT2D eigenvalue weighted by molar-refractivity contribution is 0.0622. The predicted molar refractivity (Wildman–Crippen MR) is 116 cm³/mol. The van der Waals surface area contributed by atoms with E-state index in [0.29, 0.717) is 37.2 Å². The number of benzene rings is 1. The fourth-order valence-electron chi connectivity index (χ4n) is 3.43. The van der Waals surface area contributed by atoms with Gasteiger partial charge >= 0.3 is 0 Å². The Hall–Kier alpha value is -2.78. The molecule has 0 bridgehead atoms. The van der Waals surface area contributed by atoms with Crippen LogP contribution in [-0.2, 0) is 6.54 Å². The van der Waals surface area contributed by atoms with E-state index in [2.05, 4.69) is 41.3 Å². The minimum absolute atomic E-state index is 0.104. The topological polar surface area (TPSA) is 77.2 Å². The Morgan fingerprint density at radius 3 is 2.67 bits per heavy atom. The number of hydrogen-bond acceptors (Lipinski definition) is 5. The second kappa shape index (κ2) is 8.93. The Labute approximate surface area is 182 Å². The summed E-state index contributed by atoms with van der Waals surface area (Å²) in [5.74, 6) is 0.680. The van der Waals surface area contributed by atoms with E-state index in [1.165, 1.54) is 6.07 Å². The maximum Gasteiger partial charge on any atom is 0.256 e. The first-order chi connectivity index (χ1) is 14.5. The summed E-state index contributed by atoms with van der Waals surface area (Å²) in [7, 11) is 0. The number of aromatic amines is 1. The second-order valence-electron chi connectivity index (χ2n) is 7.25. The number of halogens is 2. The smallest absolute Gasteiger partial charge is 0.256 e. The van der Waals surface area contributed by atoms with Gasteiger partial charge in [-0.2, -0.15) is 5.10 Å². The summed E-state index contributed by atoms with van der Waals surface area (Å²) in [5.41, 5.74) is 2.01. The van der Waals surface area contributed by atoms with E-state index in [0.717, 1.165) is 23.0 Å². The molecule has 1 saturated heterocycles. The number of amides is 1. The zero-order chi connectivity index (χ0) is 21.1. The SMILES string of the molecule is Cc1cc(Nc2cccc(CN3CCN(C(=O)c4cccc(Br)c4F)CC3)n2)n[nH]1. The van der Waals surface area contributed by atoms with Crippen molar-refractivity contribution in [2.75, 3.05) is 31.5 Å². The fourth-order valence-corrected chi connectivity index (χ4v) is 3.79. The van der Waals surface area contributed by atoms with E-state index >= 15 is 0 Å². The van der Waals surface area contributed by atoms with E-state index in [4.69, 9.17) is 0 Å². The normalized spacial score (nSPS) is 14.7. The van der Waals surface area contributed by atoms with Gasteiger partial charge in [-0.25, -0.2) is 9.37 Å². The van der Waals surface area contributed by atoms with Gasteiger partial charge in [0.2, 0.25) is 0 Å². The van der Waals surface area contributed by atoms with Gasteiger partial charge in [0.25, 0.3) is 5.91 Å². The molecule has 30 heavy (non-hydrogen) atoms. The molecule has 0 radical (unpaired) electrons. The number of nitrogens with one attached hydrogen (secondary N) is 2. The lowest BCUT2D eigenvalue weighted by atomic mass is 10.1. The number of piperazine rings is 1. The number of carbonyl (C=O) groups excluding carboxylic acids is 1. The van der Waals surface area contributed by atoms with Gasteiger partial charge < -0.3 is 10.2 Å². The van der Waals surface area contributed by atoms with Crippen molar-refractivity contribution in [3.8, 4) is 0 Å². The predicted octanol–water partition coefficient (Wildman–Crippen LogP) is 3.72. The molecule has 3 heterocycles. The zero-order valence-electron chi connectivity index (χ0n) is 16.5. The van der Waals surface area contributed by atoms with Crippen LogP contribution in [0.2, 0.25) is 0 Å². The first-order valence-corrected chi connectivity index (χ1v) is 10.5. The van der Waals surface area contributed by atoms with Crippen molar-refractivity contribution in [3.05, 3.63) is 69.7 Å². The Morgan fingerprint density at radius 1 is 1.17 bits per heavy atom. The summed E-state index contributed by atoms with van der Waals surface area (Å²) in [6, 6.07) is 12.5.